The van der Waals surface area contributed by atoms with E-state index in [-0.39, 0.29) is 17.0 Å². The Balaban J connectivity index is 1.73. The predicted molar refractivity (Wildman–Crippen MR) is 131 cm³/mol. The number of aromatic nitrogens is 1. The van der Waals surface area contributed by atoms with E-state index < -0.39 is 0 Å². The van der Waals surface area contributed by atoms with Gasteiger partial charge in [0.05, 0.1) is 11.2 Å². The van der Waals surface area contributed by atoms with Gasteiger partial charge in [-0.3, -0.25) is 4.79 Å². The number of fused-ring (bicyclic) bond motifs is 2. The molecule has 2 aliphatic carbocycles. The van der Waals surface area contributed by atoms with E-state index >= 15 is 0 Å². The fourth-order valence-electron chi connectivity index (χ4n) is 4.71. The molecule has 1 aromatic rings. The normalized spacial score (nSPS) is 18.1. The summed E-state index contributed by atoms with van der Waals surface area (Å²) < 4.78 is 11.8. The molecule has 2 aliphatic rings. The number of Topliss-reactive ketones (excluding diaryl/α,β-unsaturated/α-hetero) is 1. The Bertz CT molecular complexity index is 840. The second-order valence-corrected chi connectivity index (χ2v) is 11.3. The summed E-state index contributed by atoms with van der Waals surface area (Å²) in [5.74, 6) is 0.156. The maximum atomic E-state index is 13.4. The van der Waals surface area contributed by atoms with Crippen molar-refractivity contribution in [3.8, 4) is 0 Å². The van der Waals surface area contributed by atoms with Crippen LogP contribution in [-0.2, 0) is 35.2 Å². The summed E-state index contributed by atoms with van der Waals surface area (Å²) in [7, 11) is 0. The number of unbranched alkanes of at least 4 members (excludes halogenated alkanes) is 1. The van der Waals surface area contributed by atoms with Crippen molar-refractivity contribution in [3.63, 3.8) is 0 Å². The predicted octanol–water partition coefficient (Wildman–Crippen LogP) is 6.36. The van der Waals surface area contributed by atoms with Crippen LogP contribution in [0, 0.1) is 0 Å². The van der Waals surface area contributed by atoms with Crippen molar-refractivity contribution in [2.45, 2.75) is 117 Å². The molecule has 0 amide bonds. The highest BCUT2D eigenvalue weighted by Crippen LogP contribution is 2.34. The topological polar surface area (TPSA) is 48.4 Å². The van der Waals surface area contributed by atoms with Crippen LogP contribution in [0.4, 0.5) is 0 Å². The Morgan fingerprint density at radius 2 is 1.50 bits per heavy atom. The SMILES string of the molecule is CC(C)(C)OCCC/C=C1/CCc2c(nc3c(c2CCCOC(C)(C)C)CCCC3)C1=O. The van der Waals surface area contributed by atoms with Crippen molar-refractivity contribution in [2.75, 3.05) is 13.2 Å². The number of hydrogen-bond acceptors (Lipinski definition) is 4. The fourth-order valence-corrected chi connectivity index (χ4v) is 4.71. The molecule has 1 heterocycles. The minimum Gasteiger partial charge on any atom is -0.376 e. The number of aryl methyl sites for hydroxylation is 1. The van der Waals surface area contributed by atoms with E-state index in [0.717, 1.165) is 75.8 Å². The molecule has 0 spiro atoms. The van der Waals surface area contributed by atoms with Gasteiger partial charge in [0.15, 0.2) is 0 Å². The highest BCUT2D eigenvalue weighted by atomic mass is 16.5. The molecule has 0 N–H and O–H groups in total. The van der Waals surface area contributed by atoms with Gasteiger partial charge in [-0.1, -0.05) is 6.08 Å². The third kappa shape index (κ3) is 6.99. The minimum atomic E-state index is -0.107. The number of hydrogen-bond donors (Lipinski definition) is 0. The van der Waals surface area contributed by atoms with Gasteiger partial charge in [-0.05, 0) is 128 Å². The zero-order valence-corrected chi connectivity index (χ0v) is 21.2. The number of ether oxygens (including phenoxy) is 2. The second-order valence-electron chi connectivity index (χ2n) is 11.3. The zero-order chi connectivity index (χ0) is 23.4. The number of ketones is 1. The van der Waals surface area contributed by atoms with E-state index in [2.05, 4.69) is 47.6 Å². The van der Waals surface area contributed by atoms with Crippen LogP contribution < -0.4 is 0 Å². The number of nitrogens with zero attached hydrogens (tertiary/aromatic N) is 1. The molecule has 32 heavy (non-hydrogen) atoms. The first-order valence-electron chi connectivity index (χ1n) is 12.6. The Hall–Kier alpha value is -1.52. The second kappa shape index (κ2) is 10.6. The number of rotatable bonds is 8. The van der Waals surface area contributed by atoms with E-state index in [4.69, 9.17) is 14.5 Å². The molecule has 3 rings (SSSR count). The molecule has 4 heteroatoms. The Kier molecular flexibility index (Phi) is 8.32. The molecule has 0 aromatic carbocycles. The van der Waals surface area contributed by atoms with Gasteiger partial charge in [0.1, 0.15) is 5.69 Å². The van der Waals surface area contributed by atoms with Gasteiger partial charge < -0.3 is 9.47 Å². The lowest BCUT2D eigenvalue weighted by Gasteiger charge is -2.27. The lowest BCUT2D eigenvalue weighted by Crippen LogP contribution is -2.24. The summed E-state index contributed by atoms with van der Waals surface area (Å²) in [5.41, 5.74) is 6.71. The lowest BCUT2D eigenvalue weighted by molar-refractivity contribution is -0.00415. The first-order chi connectivity index (χ1) is 15.1. The van der Waals surface area contributed by atoms with E-state index in [1.54, 1.807) is 0 Å². The molecule has 0 unspecified atom stereocenters. The standard InChI is InChI=1S/C28H43NO3/c1-27(2,3)31-18-10-9-12-20-16-17-23-21(14-11-19-32-28(4,5)6)22-13-7-8-15-24(22)29-25(23)26(20)30/h12H,7-11,13-19H2,1-6H3/b20-12-. The molecule has 0 fully saturated rings. The molecule has 0 radical (unpaired) electrons. The summed E-state index contributed by atoms with van der Waals surface area (Å²) in [6.45, 7) is 14.0. The number of allylic oxidation sites excluding steroid dienone is 2. The molecule has 0 saturated heterocycles. The van der Waals surface area contributed by atoms with Crippen LogP contribution in [0.15, 0.2) is 11.6 Å². The number of pyridine rings is 1. The Morgan fingerprint density at radius 3 is 2.19 bits per heavy atom. The molecule has 0 saturated carbocycles. The molecule has 178 valence electrons. The average molecular weight is 442 g/mol. The van der Waals surface area contributed by atoms with E-state index in [9.17, 15) is 4.79 Å². The monoisotopic (exact) mass is 441 g/mol. The smallest absolute Gasteiger partial charge is 0.207 e. The van der Waals surface area contributed by atoms with Crippen molar-refractivity contribution >= 4 is 5.78 Å². The third-order valence-corrected chi connectivity index (χ3v) is 6.23. The maximum absolute atomic E-state index is 13.4. The number of carbonyl (C=O) groups excluding carboxylic acids is 1. The largest absolute Gasteiger partial charge is 0.376 e. The van der Waals surface area contributed by atoms with Crippen LogP contribution >= 0.6 is 0 Å². The fraction of sp³-hybridized carbons (Fsp3) is 0.714. The molecular formula is C28H43NO3. The van der Waals surface area contributed by atoms with Crippen molar-refractivity contribution < 1.29 is 14.3 Å². The first kappa shape index (κ1) is 25.1. The van der Waals surface area contributed by atoms with Gasteiger partial charge in [0, 0.05) is 18.9 Å². The summed E-state index contributed by atoms with van der Waals surface area (Å²) in [5, 5.41) is 0. The molecule has 0 atom stereocenters. The van der Waals surface area contributed by atoms with Gasteiger partial charge in [-0.15, -0.1) is 0 Å². The molecule has 1 aromatic heterocycles. The van der Waals surface area contributed by atoms with Gasteiger partial charge in [-0.2, -0.15) is 0 Å². The molecule has 0 aliphatic heterocycles. The van der Waals surface area contributed by atoms with Crippen LogP contribution in [-0.4, -0.2) is 35.2 Å². The van der Waals surface area contributed by atoms with Crippen LogP contribution in [0.1, 0.15) is 113 Å². The summed E-state index contributed by atoms with van der Waals surface area (Å²) in [6.07, 6.45) is 12.2. The first-order valence-corrected chi connectivity index (χ1v) is 12.6. The van der Waals surface area contributed by atoms with Crippen molar-refractivity contribution in [1.29, 1.82) is 0 Å². The van der Waals surface area contributed by atoms with Gasteiger partial charge in [0.25, 0.3) is 0 Å². The average Bonchev–Trinajstić information content (AvgIpc) is 2.70. The van der Waals surface area contributed by atoms with Crippen LogP contribution in [0.5, 0.6) is 0 Å². The molecule has 0 bridgehead atoms. The summed E-state index contributed by atoms with van der Waals surface area (Å²) in [6, 6.07) is 0. The Labute approximate surface area is 195 Å². The zero-order valence-electron chi connectivity index (χ0n) is 21.2. The quantitative estimate of drug-likeness (QED) is 0.348. The maximum Gasteiger partial charge on any atom is 0.207 e. The van der Waals surface area contributed by atoms with Crippen molar-refractivity contribution in [3.05, 3.63) is 39.7 Å². The van der Waals surface area contributed by atoms with Crippen LogP contribution in [0.3, 0.4) is 0 Å². The van der Waals surface area contributed by atoms with Crippen molar-refractivity contribution in [1.82, 2.24) is 4.98 Å². The van der Waals surface area contributed by atoms with Gasteiger partial charge >= 0.3 is 0 Å². The van der Waals surface area contributed by atoms with Gasteiger partial charge in [0.2, 0.25) is 5.78 Å². The highest BCUT2D eigenvalue weighted by Gasteiger charge is 2.29. The number of carbonyl (C=O) groups is 1. The van der Waals surface area contributed by atoms with Crippen molar-refractivity contribution in [2.24, 2.45) is 0 Å². The van der Waals surface area contributed by atoms with E-state index in [0.29, 0.717) is 0 Å². The third-order valence-electron chi connectivity index (χ3n) is 6.23. The summed E-state index contributed by atoms with van der Waals surface area (Å²) >= 11 is 0. The van der Waals surface area contributed by atoms with Crippen LogP contribution in [0.25, 0.3) is 0 Å². The van der Waals surface area contributed by atoms with E-state index in [1.165, 1.54) is 35.2 Å². The van der Waals surface area contributed by atoms with E-state index in [1.807, 2.05) is 0 Å². The molecular weight excluding hydrogens is 398 g/mol. The lowest BCUT2D eigenvalue weighted by atomic mass is 9.81. The minimum absolute atomic E-state index is 0.106. The summed E-state index contributed by atoms with van der Waals surface area (Å²) in [4.78, 5) is 18.3. The highest BCUT2D eigenvalue weighted by molar-refractivity contribution is 6.09. The Morgan fingerprint density at radius 1 is 0.844 bits per heavy atom. The van der Waals surface area contributed by atoms with Crippen LogP contribution in [0.2, 0.25) is 0 Å². The van der Waals surface area contributed by atoms with Gasteiger partial charge in [-0.25, -0.2) is 4.98 Å². The molecule has 4 nitrogen and oxygen atoms in total.